The molecule has 0 N–H and O–H groups in total. The lowest BCUT2D eigenvalue weighted by molar-refractivity contribution is 0.356. The number of hydrogen-bond acceptors (Lipinski definition) is 1. The molecule has 0 radical (unpaired) electrons. The summed E-state index contributed by atoms with van der Waals surface area (Å²) in [5.41, 5.74) is 1.29. The van der Waals surface area contributed by atoms with E-state index in [0.29, 0.717) is 12.5 Å². The maximum absolute atomic E-state index is 5.59. The van der Waals surface area contributed by atoms with Gasteiger partial charge in [-0.1, -0.05) is 44.7 Å². The highest BCUT2D eigenvalue weighted by Gasteiger charge is 2.08. The molecule has 0 saturated carbocycles. The molecule has 1 rings (SSSR count). The van der Waals surface area contributed by atoms with E-state index < -0.39 is 0 Å². The van der Waals surface area contributed by atoms with E-state index in [9.17, 15) is 0 Å². The Morgan fingerprint density at radius 3 is 2.79 bits per heavy atom. The highest BCUT2D eigenvalue weighted by molar-refractivity contribution is 5.35. The Morgan fingerprint density at radius 2 is 2.14 bits per heavy atom. The van der Waals surface area contributed by atoms with Crippen LogP contribution in [0.5, 0.6) is 5.75 Å². The van der Waals surface area contributed by atoms with Crippen LogP contribution in [0, 0.1) is 0 Å². The first-order valence-corrected chi connectivity index (χ1v) is 5.12. The van der Waals surface area contributed by atoms with Gasteiger partial charge in [0.1, 0.15) is 12.4 Å². The van der Waals surface area contributed by atoms with Crippen molar-refractivity contribution in [2.45, 2.75) is 26.2 Å². The Hall–Kier alpha value is -1.24. The van der Waals surface area contributed by atoms with E-state index in [-0.39, 0.29) is 0 Å². The van der Waals surface area contributed by atoms with Crippen LogP contribution in [0.15, 0.2) is 36.9 Å². The molecule has 0 aliphatic rings. The Balaban J connectivity index is 2.84. The second kappa shape index (κ2) is 5.48. The maximum atomic E-state index is 5.59. The molecule has 1 heteroatoms. The Bertz CT molecular complexity index is 291. The molecule has 1 aromatic carbocycles. The number of hydrogen-bond donors (Lipinski definition) is 0. The van der Waals surface area contributed by atoms with Gasteiger partial charge in [-0.15, -0.1) is 0 Å². The van der Waals surface area contributed by atoms with Crippen LogP contribution in [0.1, 0.15) is 31.7 Å². The van der Waals surface area contributed by atoms with Crippen molar-refractivity contribution < 1.29 is 4.74 Å². The van der Waals surface area contributed by atoms with Gasteiger partial charge in [-0.2, -0.15) is 0 Å². The Morgan fingerprint density at radius 1 is 1.43 bits per heavy atom. The standard InChI is InChI=1S/C13H18O/c1-4-10-14-13-9-7-6-8-12(13)11(3)5-2/h4,6-9,11H,1,5,10H2,2-3H3/t11-/m1/s1. The second-order valence-corrected chi connectivity index (χ2v) is 3.45. The predicted molar refractivity (Wildman–Crippen MR) is 60.8 cm³/mol. The fraction of sp³-hybridized carbons (Fsp3) is 0.385. The fourth-order valence-corrected chi connectivity index (χ4v) is 1.39. The molecular formula is C13H18O. The minimum absolute atomic E-state index is 0.552. The first-order chi connectivity index (χ1) is 6.79. The minimum atomic E-state index is 0.552. The molecule has 14 heavy (non-hydrogen) atoms. The molecule has 0 aromatic heterocycles. The molecule has 0 amide bonds. The monoisotopic (exact) mass is 190 g/mol. The van der Waals surface area contributed by atoms with Gasteiger partial charge in [0.25, 0.3) is 0 Å². The van der Waals surface area contributed by atoms with Crippen molar-refractivity contribution in [3.8, 4) is 5.75 Å². The summed E-state index contributed by atoms with van der Waals surface area (Å²) in [4.78, 5) is 0. The average Bonchev–Trinajstić information content (AvgIpc) is 2.25. The molecule has 0 aliphatic carbocycles. The third kappa shape index (κ3) is 2.63. The van der Waals surface area contributed by atoms with E-state index in [1.54, 1.807) is 6.08 Å². The summed E-state index contributed by atoms with van der Waals surface area (Å²) < 4.78 is 5.59. The van der Waals surface area contributed by atoms with Gasteiger partial charge >= 0.3 is 0 Å². The molecule has 0 heterocycles. The van der Waals surface area contributed by atoms with Crippen LogP contribution in [-0.2, 0) is 0 Å². The number of benzene rings is 1. The van der Waals surface area contributed by atoms with Crippen LogP contribution in [0.2, 0.25) is 0 Å². The van der Waals surface area contributed by atoms with Gasteiger partial charge in [0.2, 0.25) is 0 Å². The molecule has 0 aliphatic heterocycles. The quantitative estimate of drug-likeness (QED) is 0.642. The van der Waals surface area contributed by atoms with Crippen LogP contribution in [0.25, 0.3) is 0 Å². The van der Waals surface area contributed by atoms with Crippen molar-refractivity contribution in [3.63, 3.8) is 0 Å². The van der Waals surface area contributed by atoms with Gasteiger partial charge in [0.05, 0.1) is 0 Å². The zero-order valence-electron chi connectivity index (χ0n) is 8.99. The van der Waals surface area contributed by atoms with E-state index in [4.69, 9.17) is 4.74 Å². The summed E-state index contributed by atoms with van der Waals surface area (Å²) in [5, 5.41) is 0. The van der Waals surface area contributed by atoms with Gasteiger partial charge in [-0.05, 0) is 24.0 Å². The van der Waals surface area contributed by atoms with Crippen LogP contribution in [0.4, 0.5) is 0 Å². The van der Waals surface area contributed by atoms with Gasteiger partial charge in [0.15, 0.2) is 0 Å². The van der Waals surface area contributed by atoms with Gasteiger partial charge in [-0.3, -0.25) is 0 Å². The number of ether oxygens (including phenoxy) is 1. The average molecular weight is 190 g/mol. The van der Waals surface area contributed by atoms with Crippen molar-refractivity contribution in [2.75, 3.05) is 6.61 Å². The lowest BCUT2D eigenvalue weighted by Crippen LogP contribution is -1.99. The summed E-state index contributed by atoms with van der Waals surface area (Å²) in [6, 6.07) is 8.21. The second-order valence-electron chi connectivity index (χ2n) is 3.45. The van der Waals surface area contributed by atoms with E-state index in [1.165, 1.54) is 5.56 Å². The van der Waals surface area contributed by atoms with Gasteiger partial charge in [-0.25, -0.2) is 0 Å². The number of para-hydroxylation sites is 1. The summed E-state index contributed by atoms with van der Waals surface area (Å²) in [6.07, 6.45) is 2.90. The highest BCUT2D eigenvalue weighted by atomic mass is 16.5. The topological polar surface area (TPSA) is 9.23 Å². The van der Waals surface area contributed by atoms with Crippen LogP contribution >= 0.6 is 0 Å². The maximum Gasteiger partial charge on any atom is 0.123 e. The molecule has 0 saturated heterocycles. The van der Waals surface area contributed by atoms with Crippen molar-refractivity contribution in [1.29, 1.82) is 0 Å². The predicted octanol–water partition coefficient (Wildman–Crippen LogP) is 3.76. The lowest BCUT2D eigenvalue weighted by atomic mass is 9.98. The van der Waals surface area contributed by atoms with Crippen LogP contribution in [0.3, 0.4) is 0 Å². The largest absolute Gasteiger partial charge is 0.489 e. The molecule has 1 nitrogen and oxygen atoms in total. The zero-order chi connectivity index (χ0) is 10.4. The normalized spacial score (nSPS) is 12.1. The van der Waals surface area contributed by atoms with Crippen LogP contribution < -0.4 is 4.74 Å². The SMILES string of the molecule is C=CCOc1ccccc1[C@H](C)CC. The smallest absolute Gasteiger partial charge is 0.123 e. The van der Waals surface area contributed by atoms with E-state index in [2.05, 4.69) is 32.6 Å². The van der Waals surface area contributed by atoms with Gasteiger partial charge < -0.3 is 4.74 Å². The molecule has 0 fully saturated rings. The lowest BCUT2D eigenvalue weighted by Gasteiger charge is -2.14. The molecule has 0 bridgehead atoms. The Kier molecular flexibility index (Phi) is 4.24. The highest BCUT2D eigenvalue weighted by Crippen LogP contribution is 2.28. The summed E-state index contributed by atoms with van der Waals surface area (Å²) in [5.74, 6) is 1.54. The first kappa shape index (κ1) is 10.8. The zero-order valence-corrected chi connectivity index (χ0v) is 8.99. The molecule has 76 valence electrons. The number of rotatable bonds is 5. The van der Waals surface area contributed by atoms with Crippen molar-refractivity contribution in [2.24, 2.45) is 0 Å². The molecule has 0 unspecified atom stereocenters. The summed E-state index contributed by atoms with van der Waals surface area (Å²) in [6.45, 7) is 8.63. The van der Waals surface area contributed by atoms with Crippen LogP contribution in [-0.4, -0.2) is 6.61 Å². The first-order valence-electron chi connectivity index (χ1n) is 5.12. The van der Waals surface area contributed by atoms with Gasteiger partial charge in [0, 0.05) is 0 Å². The third-order valence-corrected chi connectivity index (χ3v) is 2.42. The molecule has 1 atom stereocenters. The fourth-order valence-electron chi connectivity index (χ4n) is 1.39. The van der Waals surface area contributed by atoms with Crippen molar-refractivity contribution >= 4 is 0 Å². The molecular weight excluding hydrogens is 172 g/mol. The molecule has 1 aromatic rings. The Labute approximate surface area is 86.4 Å². The minimum Gasteiger partial charge on any atom is -0.489 e. The summed E-state index contributed by atoms with van der Waals surface area (Å²) in [7, 11) is 0. The van der Waals surface area contributed by atoms with E-state index in [1.807, 2.05) is 12.1 Å². The van der Waals surface area contributed by atoms with E-state index in [0.717, 1.165) is 12.2 Å². The van der Waals surface area contributed by atoms with Crippen molar-refractivity contribution in [1.82, 2.24) is 0 Å². The summed E-state index contributed by atoms with van der Waals surface area (Å²) >= 11 is 0. The molecule has 0 spiro atoms. The van der Waals surface area contributed by atoms with E-state index >= 15 is 0 Å². The third-order valence-electron chi connectivity index (χ3n) is 2.42. The van der Waals surface area contributed by atoms with Crippen molar-refractivity contribution in [3.05, 3.63) is 42.5 Å².